The van der Waals surface area contributed by atoms with Crippen LogP contribution in [0.4, 0.5) is 5.13 Å². The van der Waals surface area contributed by atoms with Crippen molar-refractivity contribution in [1.29, 1.82) is 0 Å². The van der Waals surface area contributed by atoms with Gasteiger partial charge in [0, 0.05) is 29.7 Å². The van der Waals surface area contributed by atoms with Crippen LogP contribution in [0.5, 0.6) is 0 Å². The van der Waals surface area contributed by atoms with Crippen LogP contribution >= 0.6 is 11.5 Å². The van der Waals surface area contributed by atoms with Gasteiger partial charge in [-0.2, -0.15) is 4.37 Å². The summed E-state index contributed by atoms with van der Waals surface area (Å²) in [6.07, 6.45) is 1.82. The topological polar surface area (TPSA) is 41.9 Å². The predicted octanol–water partition coefficient (Wildman–Crippen LogP) is 3.26. The van der Waals surface area contributed by atoms with Gasteiger partial charge in [0.05, 0.1) is 12.2 Å². The highest BCUT2D eigenvalue weighted by Gasteiger charge is 2.21. The molecule has 0 unspecified atom stereocenters. The Hall–Kier alpha value is -1.49. The van der Waals surface area contributed by atoms with Crippen molar-refractivity contribution >= 4 is 16.7 Å². The van der Waals surface area contributed by atoms with E-state index >= 15 is 0 Å². The molecule has 0 aromatic carbocycles. The number of nitrogens with zero attached hydrogens (tertiary/aromatic N) is 4. The van der Waals surface area contributed by atoms with Crippen molar-refractivity contribution in [2.75, 3.05) is 11.4 Å². The van der Waals surface area contributed by atoms with Crippen molar-refractivity contribution in [1.82, 2.24) is 14.3 Å². The van der Waals surface area contributed by atoms with Gasteiger partial charge in [0.25, 0.3) is 0 Å². The Morgan fingerprint density at radius 2 is 2.05 bits per heavy atom. The minimum atomic E-state index is -0.000835. The van der Waals surface area contributed by atoms with Gasteiger partial charge in [-0.3, -0.25) is 4.98 Å². The fourth-order valence-corrected chi connectivity index (χ4v) is 2.57. The van der Waals surface area contributed by atoms with E-state index in [4.69, 9.17) is 0 Å². The molecule has 0 fully saturated rings. The Labute approximate surface area is 118 Å². The van der Waals surface area contributed by atoms with Gasteiger partial charge in [0.15, 0.2) is 0 Å². The molecule has 5 heteroatoms. The molecule has 4 nitrogen and oxygen atoms in total. The van der Waals surface area contributed by atoms with Crippen LogP contribution in [0, 0.1) is 0 Å². The molecule has 0 atom stereocenters. The smallest absolute Gasteiger partial charge is 0.205 e. The van der Waals surface area contributed by atoms with Crippen LogP contribution in [-0.2, 0) is 12.0 Å². The number of anilines is 1. The normalized spacial score (nSPS) is 11.6. The molecule has 0 aliphatic heterocycles. The van der Waals surface area contributed by atoms with Gasteiger partial charge in [0.1, 0.15) is 5.82 Å². The summed E-state index contributed by atoms with van der Waals surface area (Å²) >= 11 is 1.47. The SMILES string of the molecule is CCN(Cc1ccccn1)c1nc(C(C)(C)C)ns1. The first-order chi connectivity index (χ1) is 9.00. The molecule has 0 aliphatic rings. The summed E-state index contributed by atoms with van der Waals surface area (Å²) in [4.78, 5) is 11.2. The van der Waals surface area contributed by atoms with Crippen molar-refractivity contribution < 1.29 is 0 Å². The van der Waals surface area contributed by atoms with Crippen LogP contribution in [0.2, 0.25) is 0 Å². The van der Waals surface area contributed by atoms with Gasteiger partial charge >= 0.3 is 0 Å². The molecular formula is C14H20N4S. The van der Waals surface area contributed by atoms with Crippen LogP contribution < -0.4 is 4.90 Å². The second-order valence-electron chi connectivity index (χ2n) is 5.49. The maximum absolute atomic E-state index is 4.65. The summed E-state index contributed by atoms with van der Waals surface area (Å²) in [6.45, 7) is 10.2. The molecule has 0 spiro atoms. The lowest BCUT2D eigenvalue weighted by molar-refractivity contribution is 0.554. The number of hydrogen-bond acceptors (Lipinski definition) is 5. The Morgan fingerprint density at radius 1 is 1.26 bits per heavy atom. The standard InChI is InChI=1S/C14H20N4S/c1-5-18(10-11-8-6-7-9-15-11)13-16-12(17-19-13)14(2,3)4/h6-9H,5,10H2,1-4H3. The lowest BCUT2D eigenvalue weighted by Crippen LogP contribution is -2.23. The Balaban J connectivity index is 2.16. The molecule has 0 saturated carbocycles. The highest BCUT2D eigenvalue weighted by Crippen LogP contribution is 2.25. The maximum atomic E-state index is 4.65. The average Bonchev–Trinajstić information content (AvgIpc) is 2.86. The van der Waals surface area contributed by atoms with Gasteiger partial charge in [-0.1, -0.05) is 26.8 Å². The van der Waals surface area contributed by atoms with Crippen molar-refractivity contribution in [3.63, 3.8) is 0 Å². The average molecular weight is 276 g/mol. The van der Waals surface area contributed by atoms with E-state index in [0.717, 1.165) is 29.7 Å². The van der Waals surface area contributed by atoms with Gasteiger partial charge in [-0.25, -0.2) is 4.98 Å². The van der Waals surface area contributed by atoms with Crippen LogP contribution in [-0.4, -0.2) is 20.9 Å². The molecule has 2 rings (SSSR count). The molecule has 0 bridgehead atoms. The Bertz CT molecular complexity index is 516. The maximum Gasteiger partial charge on any atom is 0.205 e. The van der Waals surface area contributed by atoms with Crippen molar-refractivity contribution in [2.24, 2.45) is 0 Å². The van der Waals surface area contributed by atoms with Crippen LogP contribution in [0.25, 0.3) is 0 Å². The molecule has 0 N–H and O–H groups in total. The lowest BCUT2D eigenvalue weighted by Gasteiger charge is -2.19. The first-order valence-electron chi connectivity index (χ1n) is 6.49. The van der Waals surface area contributed by atoms with Crippen molar-refractivity contribution in [3.8, 4) is 0 Å². The van der Waals surface area contributed by atoms with E-state index in [9.17, 15) is 0 Å². The summed E-state index contributed by atoms with van der Waals surface area (Å²) in [5.74, 6) is 0.909. The molecule has 102 valence electrons. The van der Waals surface area contributed by atoms with E-state index in [2.05, 4.69) is 46.9 Å². The second-order valence-corrected chi connectivity index (χ2v) is 6.22. The zero-order chi connectivity index (χ0) is 13.9. The number of aromatic nitrogens is 3. The van der Waals surface area contributed by atoms with Crippen LogP contribution in [0.15, 0.2) is 24.4 Å². The third-order valence-corrected chi connectivity index (χ3v) is 3.59. The Kier molecular flexibility index (Phi) is 4.14. The third-order valence-electron chi connectivity index (χ3n) is 2.82. The summed E-state index contributed by atoms with van der Waals surface area (Å²) in [5.41, 5.74) is 1.05. The number of hydrogen-bond donors (Lipinski definition) is 0. The van der Waals surface area contributed by atoms with E-state index in [-0.39, 0.29) is 5.41 Å². The fraction of sp³-hybridized carbons (Fsp3) is 0.500. The summed E-state index contributed by atoms with van der Waals surface area (Å²) in [7, 11) is 0. The van der Waals surface area contributed by atoms with Crippen molar-refractivity contribution in [3.05, 3.63) is 35.9 Å². The van der Waals surface area contributed by atoms with E-state index < -0.39 is 0 Å². The summed E-state index contributed by atoms with van der Waals surface area (Å²) < 4.78 is 4.47. The highest BCUT2D eigenvalue weighted by molar-refractivity contribution is 7.09. The highest BCUT2D eigenvalue weighted by atomic mass is 32.1. The zero-order valence-electron chi connectivity index (χ0n) is 11.9. The molecular weight excluding hydrogens is 256 g/mol. The minimum absolute atomic E-state index is 0.000835. The van der Waals surface area contributed by atoms with Gasteiger partial charge in [0.2, 0.25) is 5.13 Å². The fourth-order valence-electron chi connectivity index (χ4n) is 1.65. The lowest BCUT2D eigenvalue weighted by atomic mass is 9.96. The number of pyridine rings is 1. The van der Waals surface area contributed by atoms with Crippen LogP contribution in [0.1, 0.15) is 39.2 Å². The predicted molar refractivity (Wildman–Crippen MR) is 79.6 cm³/mol. The van der Waals surface area contributed by atoms with E-state index in [1.54, 1.807) is 0 Å². The van der Waals surface area contributed by atoms with Gasteiger partial charge in [-0.15, -0.1) is 0 Å². The minimum Gasteiger partial charge on any atom is -0.341 e. The quantitative estimate of drug-likeness (QED) is 0.859. The largest absolute Gasteiger partial charge is 0.341 e. The molecule has 2 aromatic heterocycles. The number of rotatable bonds is 4. The Morgan fingerprint density at radius 3 is 2.58 bits per heavy atom. The summed E-state index contributed by atoms with van der Waals surface area (Å²) in [6, 6.07) is 5.98. The molecule has 0 radical (unpaired) electrons. The molecule has 19 heavy (non-hydrogen) atoms. The molecule has 2 aromatic rings. The van der Waals surface area contributed by atoms with E-state index in [1.165, 1.54) is 11.5 Å². The first-order valence-corrected chi connectivity index (χ1v) is 7.27. The second kappa shape index (κ2) is 5.65. The third kappa shape index (κ3) is 3.50. The summed E-state index contributed by atoms with van der Waals surface area (Å²) in [5, 5.41) is 0.970. The van der Waals surface area contributed by atoms with E-state index in [1.807, 2.05) is 24.4 Å². The molecule has 2 heterocycles. The van der Waals surface area contributed by atoms with Gasteiger partial charge in [-0.05, 0) is 19.1 Å². The van der Waals surface area contributed by atoms with E-state index in [0.29, 0.717) is 0 Å². The molecule has 0 amide bonds. The monoisotopic (exact) mass is 276 g/mol. The van der Waals surface area contributed by atoms with Gasteiger partial charge < -0.3 is 4.90 Å². The van der Waals surface area contributed by atoms with Crippen LogP contribution in [0.3, 0.4) is 0 Å². The molecule has 0 saturated heterocycles. The van der Waals surface area contributed by atoms with Crippen molar-refractivity contribution in [2.45, 2.75) is 39.7 Å². The molecule has 0 aliphatic carbocycles. The zero-order valence-corrected chi connectivity index (χ0v) is 12.7. The first kappa shape index (κ1) is 13.9.